The highest BCUT2D eigenvalue weighted by atomic mass is 15.1. The van der Waals surface area contributed by atoms with E-state index in [0.717, 1.165) is 13.1 Å². The molecule has 114 valence electrons. The van der Waals surface area contributed by atoms with E-state index in [9.17, 15) is 0 Å². The van der Waals surface area contributed by atoms with Gasteiger partial charge in [0.2, 0.25) is 0 Å². The second-order valence-corrected chi connectivity index (χ2v) is 7.73. The molecule has 0 atom stereocenters. The van der Waals surface area contributed by atoms with Gasteiger partial charge in [-0.05, 0) is 59.2 Å². The van der Waals surface area contributed by atoms with Gasteiger partial charge >= 0.3 is 0 Å². The molecular formula is C16H30N4. The smallest absolute Gasteiger partial charge is 0.0948 e. The summed E-state index contributed by atoms with van der Waals surface area (Å²) in [6, 6.07) is 0. The maximum absolute atomic E-state index is 4.35. The Morgan fingerprint density at radius 1 is 1.30 bits per heavy atom. The maximum Gasteiger partial charge on any atom is 0.0948 e. The van der Waals surface area contributed by atoms with Crippen LogP contribution >= 0.6 is 0 Å². The van der Waals surface area contributed by atoms with E-state index in [1.54, 1.807) is 0 Å². The van der Waals surface area contributed by atoms with Gasteiger partial charge < -0.3 is 14.8 Å². The van der Waals surface area contributed by atoms with Gasteiger partial charge in [-0.15, -0.1) is 0 Å². The van der Waals surface area contributed by atoms with Gasteiger partial charge in [0, 0.05) is 24.8 Å². The lowest BCUT2D eigenvalue weighted by Crippen LogP contribution is -2.39. The summed E-state index contributed by atoms with van der Waals surface area (Å²) >= 11 is 0. The Labute approximate surface area is 123 Å². The van der Waals surface area contributed by atoms with Crippen molar-refractivity contribution in [3.63, 3.8) is 0 Å². The molecule has 4 heteroatoms. The molecule has 20 heavy (non-hydrogen) atoms. The highest BCUT2D eigenvalue weighted by Gasteiger charge is 2.29. The molecule has 0 unspecified atom stereocenters. The number of nitrogens with one attached hydrogen (secondary N) is 1. The summed E-state index contributed by atoms with van der Waals surface area (Å²) in [5.41, 5.74) is 1.84. The Balaban J connectivity index is 1.98. The summed E-state index contributed by atoms with van der Waals surface area (Å²) < 4.78 is 2.34. The van der Waals surface area contributed by atoms with E-state index in [-0.39, 0.29) is 5.54 Å². The largest absolute Gasteiger partial charge is 0.333 e. The molecule has 1 fully saturated rings. The van der Waals surface area contributed by atoms with Gasteiger partial charge in [0.1, 0.15) is 0 Å². The van der Waals surface area contributed by atoms with Gasteiger partial charge in [0.05, 0.1) is 12.0 Å². The van der Waals surface area contributed by atoms with Crippen molar-refractivity contribution in [3.05, 3.63) is 18.2 Å². The minimum Gasteiger partial charge on any atom is -0.333 e. The molecular weight excluding hydrogens is 248 g/mol. The van der Waals surface area contributed by atoms with Crippen molar-refractivity contribution in [1.29, 1.82) is 0 Å². The maximum atomic E-state index is 4.35. The van der Waals surface area contributed by atoms with Crippen LogP contribution < -0.4 is 5.32 Å². The molecule has 4 nitrogen and oxygen atoms in total. The molecule has 1 N–H and O–H groups in total. The second kappa shape index (κ2) is 5.86. The molecule has 0 bridgehead atoms. The molecule has 0 spiro atoms. The Morgan fingerprint density at radius 3 is 2.55 bits per heavy atom. The summed E-state index contributed by atoms with van der Waals surface area (Å²) in [4.78, 5) is 6.78. The monoisotopic (exact) mass is 278 g/mol. The van der Waals surface area contributed by atoms with E-state index < -0.39 is 0 Å². The highest BCUT2D eigenvalue weighted by Crippen LogP contribution is 2.32. The number of piperidine rings is 1. The first-order chi connectivity index (χ1) is 9.27. The van der Waals surface area contributed by atoms with Crippen molar-refractivity contribution in [1.82, 2.24) is 19.8 Å². The van der Waals surface area contributed by atoms with Crippen LogP contribution in [0, 0.1) is 5.41 Å². The molecule has 0 radical (unpaired) electrons. The Morgan fingerprint density at radius 2 is 1.95 bits per heavy atom. The molecule has 0 saturated carbocycles. The molecule has 2 heterocycles. The molecule has 1 saturated heterocycles. The third kappa shape index (κ3) is 4.32. The van der Waals surface area contributed by atoms with Crippen molar-refractivity contribution < 1.29 is 0 Å². The third-order valence-electron chi connectivity index (χ3n) is 4.34. The number of imidazole rings is 1. The molecule has 2 rings (SSSR count). The molecule has 1 aliphatic rings. The first-order valence-electron chi connectivity index (χ1n) is 7.70. The Kier molecular flexibility index (Phi) is 4.55. The van der Waals surface area contributed by atoms with Gasteiger partial charge in [0.15, 0.2) is 0 Å². The van der Waals surface area contributed by atoms with E-state index in [0.29, 0.717) is 5.41 Å². The minimum atomic E-state index is 0.145. The number of aromatic nitrogens is 2. The van der Waals surface area contributed by atoms with Crippen LogP contribution in [-0.4, -0.2) is 40.1 Å². The Hall–Kier alpha value is -0.870. The fraction of sp³-hybridized carbons (Fsp3) is 0.812. The summed E-state index contributed by atoms with van der Waals surface area (Å²) in [5.74, 6) is 0. The lowest BCUT2D eigenvalue weighted by molar-refractivity contribution is 0.119. The van der Waals surface area contributed by atoms with Crippen molar-refractivity contribution in [2.24, 2.45) is 5.41 Å². The second-order valence-electron chi connectivity index (χ2n) is 7.73. The first-order valence-corrected chi connectivity index (χ1v) is 7.70. The standard InChI is InChI=1S/C16H30N4/c1-15(2,3)18-11-14-10-17-13-20(14)12-16(4)6-8-19(5)9-7-16/h10,13,18H,6-9,11-12H2,1-5H3. The van der Waals surface area contributed by atoms with E-state index in [2.05, 4.69) is 54.5 Å². The number of rotatable bonds is 4. The number of hydrogen-bond acceptors (Lipinski definition) is 3. The zero-order valence-corrected chi connectivity index (χ0v) is 13.7. The normalized spacial score (nSPS) is 20.2. The summed E-state index contributed by atoms with van der Waals surface area (Å²) in [5, 5.41) is 3.55. The Bertz CT molecular complexity index is 422. The zero-order chi connectivity index (χ0) is 14.8. The van der Waals surface area contributed by atoms with Crippen LogP contribution in [-0.2, 0) is 13.1 Å². The average Bonchev–Trinajstić information content (AvgIpc) is 2.77. The van der Waals surface area contributed by atoms with Crippen LogP contribution in [0.5, 0.6) is 0 Å². The number of hydrogen-bond donors (Lipinski definition) is 1. The van der Waals surface area contributed by atoms with Crippen molar-refractivity contribution in [2.75, 3.05) is 20.1 Å². The summed E-state index contributed by atoms with van der Waals surface area (Å²) in [6.45, 7) is 13.4. The van der Waals surface area contributed by atoms with Gasteiger partial charge in [-0.1, -0.05) is 6.92 Å². The van der Waals surface area contributed by atoms with Crippen LogP contribution in [0.3, 0.4) is 0 Å². The van der Waals surface area contributed by atoms with Crippen LogP contribution in [0.2, 0.25) is 0 Å². The number of nitrogens with zero attached hydrogens (tertiary/aromatic N) is 3. The van der Waals surface area contributed by atoms with Crippen molar-refractivity contribution >= 4 is 0 Å². The van der Waals surface area contributed by atoms with Crippen LogP contribution in [0.25, 0.3) is 0 Å². The average molecular weight is 278 g/mol. The van der Waals surface area contributed by atoms with Crippen LogP contribution in [0.4, 0.5) is 0 Å². The van der Waals surface area contributed by atoms with Crippen LogP contribution in [0.15, 0.2) is 12.5 Å². The van der Waals surface area contributed by atoms with Crippen molar-refractivity contribution in [3.8, 4) is 0 Å². The zero-order valence-electron chi connectivity index (χ0n) is 13.7. The lowest BCUT2D eigenvalue weighted by atomic mass is 9.80. The molecule has 0 aromatic carbocycles. The molecule has 1 aromatic heterocycles. The van der Waals surface area contributed by atoms with Gasteiger partial charge in [0.25, 0.3) is 0 Å². The van der Waals surface area contributed by atoms with Gasteiger partial charge in [-0.25, -0.2) is 4.98 Å². The minimum absolute atomic E-state index is 0.145. The molecule has 1 aliphatic heterocycles. The SMILES string of the molecule is CN1CCC(C)(Cn2cncc2CNC(C)(C)C)CC1. The van der Waals surface area contributed by atoms with E-state index in [1.165, 1.54) is 31.6 Å². The van der Waals surface area contributed by atoms with Crippen LogP contribution in [0.1, 0.15) is 46.2 Å². The van der Waals surface area contributed by atoms with Gasteiger partial charge in [-0.3, -0.25) is 0 Å². The predicted molar refractivity (Wildman–Crippen MR) is 83.7 cm³/mol. The summed E-state index contributed by atoms with van der Waals surface area (Å²) in [6.07, 6.45) is 6.53. The van der Waals surface area contributed by atoms with Gasteiger partial charge in [-0.2, -0.15) is 0 Å². The fourth-order valence-electron chi connectivity index (χ4n) is 2.72. The topological polar surface area (TPSA) is 33.1 Å². The van der Waals surface area contributed by atoms with Crippen molar-refractivity contribution in [2.45, 2.75) is 59.2 Å². The molecule has 1 aromatic rings. The predicted octanol–water partition coefficient (Wildman–Crippen LogP) is 2.50. The molecule has 0 aliphatic carbocycles. The fourth-order valence-corrected chi connectivity index (χ4v) is 2.72. The number of likely N-dealkylation sites (tertiary alicyclic amines) is 1. The first kappa shape index (κ1) is 15.5. The highest BCUT2D eigenvalue weighted by molar-refractivity contribution is 5.00. The quantitative estimate of drug-likeness (QED) is 0.918. The molecule has 0 amide bonds. The third-order valence-corrected chi connectivity index (χ3v) is 4.34. The van der Waals surface area contributed by atoms with E-state index >= 15 is 0 Å². The summed E-state index contributed by atoms with van der Waals surface area (Å²) in [7, 11) is 2.22. The lowest BCUT2D eigenvalue weighted by Gasteiger charge is -2.38. The van der Waals surface area contributed by atoms with E-state index in [4.69, 9.17) is 0 Å². The van der Waals surface area contributed by atoms with E-state index in [1.807, 2.05) is 12.5 Å².